The lowest BCUT2D eigenvalue weighted by atomic mass is 9.98. The molecule has 2 heterocycles. The summed E-state index contributed by atoms with van der Waals surface area (Å²) in [5.41, 5.74) is -2.01. The number of hydrogen-bond donors (Lipinski definition) is 1. The second-order valence-corrected chi connectivity index (χ2v) is 18.4. The maximum atomic E-state index is 14.8. The SMILES string of the molecule is C=CCCN(CC[C@H](CC(=O)OC(C)(C)C)C(=O)N1C[C@H](OC(=O)N2Cc3cccc(F)c3C2)C[C@H]1C(=O)N[C@]1(C(=O)OCC)C[C@H]1CC)S(=O)(=O)c1ccccc1[N+](=O)[O-]. The van der Waals surface area contributed by atoms with Crippen molar-refractivity contribution in [3.8, 4) is 0 Å². The topological polar surface area (TPSA) is 212 Å². The average Bonchev–Trinajstić information content (AvgIpc) is 3.48. The molecule has 332 valence electrons. The molecule has 1 saturated heterocycles. The van der Waals surface area contributed by atoms with Crippen LogP contribution in [-0.4, -0.2) is 107 Å². The van der Waals surface area contributed by atoms with Crippen molar-refractivity contribution in [2.75, 3.05) is 26.2 Å². The molecular formula is C42H54FN5O12S. The van der Waals surface area contributed by atoms with Crippen molar-refractivity contribution in [1.29, 1.82) is 0 Å². The van der Waals surface area contributed by atoms with E-state index in [0.717, 1.165) is 21.3 Å². The van der Waals surface area contributed by atoms with Crippen LogP contribution in [0.4, 0.5) is 14.9 Å². The third-order valence-corrected chi connectivity index (χ3v) is 13.0. The number of carbonyl (C=O) groups is 5. The fraction of sp³-hybridized carbons (Fsp3) is 0.548. The molecule has 3 aliphatic rings. The molecule has 1 N–H and O–H groups in total. The van der Waals surface area contributed by atoms with Crippen molar-refractivity contribution in [1.82, 2.24) is 19.4 Å². The van der Waals surface area contributed by atoms with Crippen molar-refractivity contribution in [2.45, 2.75) is 114 Å². The quantitative estimate of drug-likeness (QED) is 0.0689. The van der Waals surface area contributed by atoms with Gasteiger partial charge in [0.15, 0.2) is 4.90 Å². The van der Waals surface area contributed by atoms with Crippen LogP contribution in [0.3, 0.4) is 0 Å². The lowest BCUT2D eigenvalue weighted by Crippen LogP contribution is -2.54. The van der Waals surface area contributed by atoms with E-state index in [9.17, 15) is 46.9 Å². The van der Waals surface area contributed by atoms with Gasteiger partial charge in [-0.3, -0.25) is 29.4 Å². The molecule has 1 saturated carbocycles. The summed E-state index contributed by atoms with van der Waals surface area (Å²) in [6.45, 7) is 11.2. The number of nitrogens with zero attached hydrogens (tertiary/aromatic N) is 4. The summed E-state index contributed by atoms with van der Waals surface area (Å²) in [5, 5.41) is 14.7. The van der Waals surface area contributed by atoms with Crippen molar-refractivity contribution >= 4 is 45.6 Å². The first-order valence-corrected chi connectivity index (χ1v) is 21.8. The van der Waals surface area contributed by atoms with Crippen LogP contribution in [-0.2, 0) is 56.5 Å². The summed E-state index contributed by atoms with van der Waals surface area (Å²) in [7, 11) is -4.55. The Morgan fingerprint density at radius 1 is 1.10 bits per heavy atom. The number of carbonyl (C=O) groups excluding carboxylic acids is 5. The number of sulfonamides is 1. The number of amides is 3. The Bertz CT molecular complexity index is 2150. The lowest BCUT2D eigenvalue weighted by molar-refractivity contribution is -0.387. The molecule has 0 spiro atoms. The summed E-state index contributed by atoms with van der Waals surface area (Å²) < 4.78 is 60.3. The summed E-state index contributed by atoms with van der Waals surface area (Å²) in [6.07, 6.45) is -0.480. The number of nitro benzene ring substituents is 1. The van der Waals surface area contributed by atoms with Crippen LogP contribution in [0, 0.1) is 27.8 Å². The molecule has 2 aromatic rings. The number of nitrogens with one attached hydrogen (secondary N) is 1. The van der Waals surface area contributed by atoms with Gasteiger partial charge in [-0.2, -0.15) is 4.31 Å². The number of rotatable bonds is 18. The van der Waals surface area contributed by atoms with Crippen LogP contribution in [0.25, 0.3) is 0 Å². The molecule has 2 aromatic carbocycles. The number of para-hydroxylation sites is 1. The molecule has 0 unspecified atom stereocenters. The Morgan fingerprint density at radius 2 is 1.82 bits per heavy atom. The zero-order valence-electron chi connectivity index (χ0n) is 35.1. The van der Waals surface area contributed by atoms with E-state index in [2.05, 4.69) is 11.9 Å². The molecule has 5 atom stereocenters. The van der Waals surface area contributed by atoms with Crippen LogP contribution < -0.4 is 5.32 Å². The number of halogens is 1. The van der Waals surface area contributed by atoms with Crippen LogP contribution in [0.15, 0.2) is 60.0 Å². The molecule has 19 heteroatoms. The number of nitro groups is 1. The third-order valence-electron chi connectivity index (χ3n) is 11.1. The first-order valence-electron chi connectivity index (χ1n) is 20.3. The van der Waals surface area contributed by atoms with E-state index in [1.54, 1.807) is 33.8 Å². The molecule has 2 fully saturated rings. The second-order valence-electron chi connectivity index (χ2n) is 16.5. The van der Waals surface area contributed by atoms with E-state index in [1.165, 1.54) is 35.2 Å². The number of hydrogen-bond acceptors (Lipinski definition) is 12. The van der Waals surface area contributed by atoms with E-state index >= 15 is 0 Å². The minimum absolute atomic E-state index is 0.0596. The van der Waals surface area contributed by atoms with Crippen molar-refractivity contribution in [2.24, 2.45) is 11.8 Å². The number of fused-ring (bicyclic) bond motifs is 1. The number of benzene rings is 2. The maximum absolute atomic E-state index is 14.8. The van der Waals surface area contributed by atoms with Crippen LogP contribution >= 0.6 is 0 Å². The number of ether oxygens (including phenoxy) is 3. The summed E-state index contributed by atoms with van der Waals surface area (Å²) >= 11 is 0. The van der Waals surface area contributed by atoms with Crippen LogP contribution in [0.2, 0.25) is 0 Å². The van der Waals surface area contributed by atoms with Crippen molar-refractivity contribution in [3.63, 3.8) is 0 Å². The monoisotopic (exact) mass is 871 g/mol. The van der Waals surface area contributed by atoms with E-state index in [1.807, 2.05) is 6.92 Å². The van der Waals surface area contributed by atoms with Gasteiger partial charge in [-0.05, 0) is 70.6 Å². The van der Waals surface area contributed by atoms with E-state index in [0.29, 0.717) is 24.0 Å². The molecule has 3 amide bonds. The minimum Gasteiger partial charge on any atom is -0.464 e. The van der Waals surface area contributed by atoms with Gasteiger partial charge in [0, 0.05) is 43.6 Å². The van der Waals surface area contributed by atoms with E-state index in [-0.39, 0.29) is 64.5 Å². The zero-order chi connectivity index (χ0) is 44.9. The normalized spacial score (nSPS) is 21.3. The van der Waals surface area contributed by atoms with Crippen molar-refractivity contribution < 1.29 is 55.9 Å². The highest BCUT2D eigenvalue weighted by Crippen LogP contribution is 2.47. The Labute approximate surface area is 354 Å². The standard InChI is InChI=1S/C42H54FN5O12S/c1-7-10-19-46(61(56,57)35-17-12-11-16-33(35)48(54)55)20-18-27(21-36(49)60-41(4,5)6)38(51)47-25-30(59-40(53)45-24-28-14-13-15-32(43)31(28)26-45)22-34(47)37(50)44-42(23-29(42)8-2)39(52)58-9-3/h7,11-17,27,29-30,34H,1,8-10,18-26H2,2-6H3,(H,44,50)/t27-,29-,30-,34+,42-/m1/s1. The molecule has 61 heavy (non-hydrogen) atoms. The highest BCUT2D eigenvalue weighted by Gasteiger charge is 2.62. The molecule has 0 bridgehead atoms. The highest BCUT2D eigenvalue weighted by atomic mass is 32.2. The lowest BCUT2D eigenvalue weighted by Gasteiger charge is -2.31. The zero-order valence-corrected chi connectivity index (χ0v) is 35.9. The van der Waals surface area contributed by atoms with E-state index < -0.39 is 96.8 Å². The van der Waals surface area contributed by atoms with Gasteiger partial charge in [-0.1, -0.05) is 43.7 Å². The van der Waals surface area contributed by atoms with Gasteiger partial charge in [0.25, 0.3) is 5.69 Å². The predicted molar refractivity (Wildman–Crippen MR) is 217 cm³/mol. The Kier molecular flexibility index (Phi) is 14.6. The van der Waals surface area contributed by atoms with Gasteiger partial charge < -0.3 is 24.4 Å². The number of likely N-dealkylation sites (tertiary alicyclic amines) is 1. The molecule has 17 nitrogen and oxygen atoms in total. The molecule has 0 radical (unpaired) electrons. The Balaban J connectivity index is 1.46. The Hall–Kier alpha value is -5.43. The molecule has 2 aliphatic heterocycles. The van der Waals surface area contributed by atoms with Crippen LogP contribution in [0.5, 0.6) is 0 Å². The van der Waals surface area contributed by atoms with Gasteiger partial charge in [-0.25, -0.2) is 22.4 Å². The smallest absolute Gasteiger partial charge is 0.410 e. The highest BCUT2D eigenvalue weighted by molar-refractivity contribution is 7.89. The molecule has 0 aromatic heterocycles. The molecular weight excluding hydrogens is 818 g/mol. The predicted octanol–water partition coefficient (Wildman–Crippen LogP) is 5.01. The largest absolute Gasteiger partial charge is 0.464 e. The first kappa shape index (κ1) is 46.6. The molecule has 1 aliphatic carbocycles. The second kappa shape index (κ2) is 19.1. The third kappa shape index (κ3) is 10.7. The van der Waals surface area contributed by atoms with Gasteiger partial charge >= 0.3 is 18.0 Å². The minimum atomic E-state index is -4.55. The van der Waals surface area contributed by atoms with Gasteiger partial charge in [0.05, 0.1) is 31.0 Å². The number of esters is 2. The summed E-state index contributed by atoms with van der Waals surface area (Å²) in [4.78, 5) is 82.2. The van der Waals surface area contributed by atoms with Crippen LogP contribution in [0.1, 0.15) is 84.3 Å². The van der Waals surface area contributed by atoms with Gasteiger partial charge in [0.2, 0.25) is 21.8 Å². The van der Waals surface area contributed by atoms with Gasteiger partial charge in [0.1, 0.15) is 29.1 Å². The van der Waals surface area contributed by atoms with Gasteiger partial charge in [-0.15, -0.1) is 6.58 Å². The first-order chi connectivity index (χ1) is 28.8. The Morgan fingerprint density at radius 3 is 2.44 bits per heavy atom. The summed E-state index contributed by atoms with van der Waals surface area (Å²) in [6, 6.07) is 8.04. The fourth-order valence-electron chi connectivity index (χ4n) is 7.93. The fourth-order valence-corrected chi connectivity index (χ4v) is 9.55. The van der Waals surface area contributed by atoms with Crippen molar-refractivity contribution in [3.05, 3.63) is 82.2 Å². The summed E-state index contributed by atoms with van der Waals surface area (Å²) in [5.74, 6) is -4.94. The molecule has 5 rings (SSSR count). The maximum Gasteiger partial charge on any atom is 0.410 e. The van der Waals surface area contributed by atoms with E-state index in [4.69, 9.17) is 14.2 Å². The average molecular weight is 872 g/mol.